The van der Waals surface area contributed by atoms with Gasteiger partial charge in [-0.15, -0.1) is 0 Å². The average molecular weight is 539 g/mol. The number of nitrogens with zero attached hydrogens (tertiary/aromatic N) is 1. The fraction of sp³-hybridized carbons (Fsp3) is 0.0400. The van der Waals surface area contributed by atoms with E-state index in [9.17, 15) is 13.2 Å². The fourth-order valence-corrected chi connectivity index (χ4v) is 3.75. The molecule has 0 saturated carbocycles. The van der Waals surface area contributed by atoms with E-state index in [-0.39, 0.29) is 44.4 Å². The van der Waals surface area contributed by atoms with Gasteiger partial charge in [0.15, 0.2) is 6.61 Å². The van der Waals surface area contributed by atoms with Crippen LogP contribution in [0.25, 0.3) is 11.1 Å². The van der Waals surface area contributed by atoms with Gasteiger partial charge in [-0.25, -0.2) is 18.5 Å². The molecule has 0 saturated heterocycles. The number of sulfonamides is 1. The topological polar surface area (TPSA) is 123 Å². The number of ether oxygens (including phenoxy) is 1. The maximum atomic E-state index is 12.1. The Balaban J connectivity index is 0.00000228. The second kappa shape index (κ2) is 12.9. The van der Waals surface area contributed by atoms with Crippen molar-refractivity contribution in [1.82, 2.24) is 4.98 Å². The number of amides is 1. The third kappa shape index (κ3) is 8.00. The molecule has 0 bridgehead atoms. The van der Waals surface area contributed by atoms with Crippen LogP contribution in [0.15, 0.2) is 102 Å². The summed E-state index contributed by atoms with van der Waals surface area (Å²) in [4.78, 5) is 16.5. The van der Waals surface area contributed by atoms with Crippen LogP contribution in [0.5, 0.6) is 5.75 Å². The number of para-hydroxylation sites is 1. The number of aromatic nitrogens is 1. The second-order valence-electron chi connectivity index (χ2n) is 7.35. The molecule has 4 rings (SSSR count). The van der Waals surface area contributed by atoms with E-state index in [1.165, 1.54) is 12.1 Å². The quantitative estimate of drug-likeness (QED) is 0.296. The number of rotatable bonds is 8. The van der Waals surface area contributed by atoms with E-state index >= 15 is 0 Å². The van der Waals surface area contributed by atoms with Crippen LogP contribution in [-0.2, 0) is 33.4 Å². The van der Waals surface area contributed by atoms with Gasteiger partial charge >= 0.3 is 0 Å². The second-order valence-corrected chi connectivity index (χ2v) is 8.92. The van der Waals surface area contributed by atoms with E-state index in [1.807, 2.05) is 42.5 Å². The van der Waals surface area contributed by atoms with Gasteiger partial charge in [-0.3, -0.25) is 4.79 Å². The molecule has 0 aliphatic rings. The summed E-state index contributed by atoms with van der Waals surface area (Å²) in [6.45, 7) is -0.0855. The molecule has 0 spiro atoms. The molecule has 3 aromatic carbocycles. The number of hydrogen-bond acceptors (Lipinski definition) is 6. The number of nitrogens with two attached hydrogens (primary N) is 1. The first-order valence-electron chi connectivity index (χ1n) is 10.3. The summed E-state index contributed by atoms with van der Waals surface area (Å²) in [6.07, 6.45) is 1.65. The van der Waals surface area contributed by atoms with Crippen LogP contribution in [-0.4, -0.2) is 34.3 Å². The summed E-state index contributed by atoms with van der Waals surface area (Å²) in [6, 6.07) is 26.4. The number of carbonyl (C=O) groups excluding carboxylic acids is 1. The van der Waals surface area contributed by atoms with Crippen LogP contribution in [0.3, 0.4) is 0 Å². The number of pyridine rings is 1. The largest absolute Gasteiger partial charge is 0.484 e. The molecule has 1 amide bonds. The first-order chi connectivity index (χ1) is 16.4. The van der Waals surface area contributed by atoms with Crippen LogP contribution in [0.2, 0.25) is 0 Å². The van der Waals surface area contributed by atoms with Gasteiger partial charge in [0.05, 0.1) is 4.90 Å². The summed E-state index contributed by atoms with van der Waals surface area (Å²) in [7, 11) is -3.80. The van der Waals surface area contributed by atoms with Crippen molar-refractivity contribution in [3.63, 3.8) is 0 Å². The molecular weight excluding hydrogens is 514 g/mol. The molecule has 11 heteroatoms. The first-order valence-corrected chi connectivity index (χ1v) is 11.9. The monoisotopic (exact) mass is 539 g/mol. The van der Waals surface area contributed by atoms with Crippen LogP contribution in [0.1, 0.15) is 0 Å². The Bertz CT molecular complexity index is 1410. The predicted octanol–water partition coefficient (Wildman–Crippen LogP) is 2.97. The molecule has 36 heavy (non-hydrogen) atoms. The Hall–Kier alpha value is -3.56. The SMILES string of the molecule is NS(=O)(=O)c1cccc(Nc2cc(-c3ccc(NC(=O)COc4ccccc4)cc3)ccn2)c1.[BH3-].[V]. The van der Waals surface area contributed by atoms with Gasteiger partial charge in [0.2, 0.25) is 10.0 Å². The molecule has 0 atom stereocenters. The molecular formula is C25H25BN4O4SV-. The van der Waals surface area contributed by atoms with E-state index in [0.717, 1.165) is 11.1 Å². The van der Waals surface area contributed by atoms with Crippen molar-refractivity contribution in [3.8, 4) is 16.9 Å². The van der Waals surface area contributed by atoms with Crippen molar-refractivity contribution >= 4 is 41.5 Å². The standard InChI is InChI=1S/C25H22N4O4S.BH3.V/c26-34(31,32)23-8-4-5-21(16-23)28-24-15-19(13-14-27-24)18-9-11-20(12-10-18)29-25(30)17-33-22-6-2-1-3-7-22;;/h1-16H,17H2,(H,27,28)(H,29,30)(H2,26,31,32);1H3;/q;-1;. The van der Waals surface area contributed by atoms with Crippen molar-refractivity contribution in [1.29, 1.82) is 0 Å². The Morgan fingerprint density at radius 2 is 1.58 bits per heavy atom. The van der Waals surface area contributed by atoms with Crippen molar-refractivity contribution in [2.45, 2.75) is 4.90 Å². The zero-order valence-corrected chi connectivity index (χ0v) is 20.7. The predicted molar refractivity (Wildman–Crippen MR) is 141 cm³/mol. The first kappa shape index (κ1) is 28.7. The number of carbonyl (C=O) groups is 1. The normalized spacial score (nSPS) is 10.4. The number of anilines is 3. The van der Waals surface area contributed by atoms with E-state index in [1.54, 1.807) is 42.6 Å². The van der Waals surface area contributed by atoms with Crippen LogP contribution in [0.4, 0.5) is 17.2 Å². The van der Waals surface area contributed by atoms with Gasteiger partial charge in [-0.2, -0.15) is 8.41 Å². The van der Waals surface area contributed by atoms with Gasteiger partial charge in [0.25, 0.3) is 5.91 Å². The van der Waals surface area contributed by atoms with Crippen LogP contribution < -0.4 is 20.5 Å². The van der Waals surface area contributed by atoms with Gasteiger partial charge in [0, 0.05) is 36.1 Å². The molecule has 0 fully saturated rings. The van der Waals surface area contributed by atoms with Crippen LogP contribution >= 0.6 is 0 Å². The van der Waals surface area contributed by atoms with E-state index in [4.69, 9.17) is 9.88 Å². The van der Waals surface area contributed by atoms with Crippen molar-refractivity contribution in [2.24, 2.45) is 5.14 Å². The van der Waals surface area contributed by atoms with Gasteiger partial charge in [0.1, 0.15) is 11.6 Å². The smallest absolute Gasteiger partial charge is 0.262 e. The maximum absolute atomic E-state index is 12.1. The number of primary sulfonamides is 1. The molecule has 1 aromatic heterocycles. The minimum Gasteiger partial charge on any atom is -0.484 e. The van der Waals surface area contributed by atoms with Gasteiger partial charge in [-0.1, -0.05) is 36.4 Å². The Labute approximate surface area is 223 Å². The molecule has 0 aliphatic heterocycles. The van der Waals surface area contributed by atoms with Gasteiger partial charge < -0.3 is 15.4 Å². The molecule has 1 heterocycles. The molecule has 0 unspecified atom stereocenters. The Kier molecular flexibility index (Phi) is 10.3. The van der Waals surface area contributed by atoms with E-state index < -0.39 is 10.0 Å². The average Bonchev–Trinajstić information content (AvgIpc) is 2.84. The zero-order valence-electron chi connectivity index (χ0n) is 18.5. The van der Waals surface area contributed by atoms with E-state index in [0.29, 0.717) is 22.9 Å². The third-order valence-electron chi connectivity index (χ3n) is 4.81. The number of benzene rings is 3. The van der Waals surface area contributed by atoms with Crippen molar-refractivity contribution in [3.05, 3.63) is 97.2 Å². The number of nitrogens with one attached hydrogen (secondary N) is 2. The molecule has 4 aromatic rings. The number of hydrogen-bond donors (Lipinski definition) is 3. The Morgan fingerprint density at radius 3 is 2.28 bits per heavy atom. The molecule has 184 valence electrons. The Morgan fingerprint density at radius 1 is 0.861 bits per heavy atom. The van der Waals surface area contributed by atoms with Gasteiger partial charge in [-0.05, 0) is 65.7 Å². The third-order valence-corrected chi connectivity index (χ3v) is 5.72. The maximum Gasteiger partial charge on any atom is 0.262 e. The zero-order chi connectivity index (χ0) is 24.0. The summed E-state index contributed by atoms with van der Waals surface area (Å²) in [5.41, 5.74) is 3.01. The molecule has 8 nitrogen and oxygen atoms in total. The van der Waals surface area contributed by atoms with Crippen molar-refractivity contribution < 1.29 is 36.5 Å². The molecule has 0 aliphatic carbocycles. The summed E-state index contributed by atoms with van der Waals surface area (Å²) in [5.74, 6) is 0.916. The van der Waals surface area contributed by atoms with Crippen LogP contribution in [0, 0.1) is 0 Å². The minimum absolute atomic E-state index is 0. The minimum atomic E-state index is -3.80. The molecule has 2 radical (unpaired) electrons. The van der Waals surface area contributed by atoms with Crippen molar-refractivity contribution in [2.75, 3.05) is 17.2 Å². The molecule has 4 N–H and O–H groups in total. The summed E-state index contributed by atoms with van der Waals surface area (Å²) >= 11 is 0. The fourth-order valence-electron chi connectivity index (χ4n) is 3.19. The summed E-state index contributed by atoms with van der Waals surface area (Å²) in [5, 5.41) is 11.1. The summed E-state index contributed by atoms with van der Waals surface area (Å²) < 4.78 is 28.6. The van der Waals surface area contributed by atoms with E-state index in [2.05, 4.69) is 15.6 Å².